The third kappa shape index (κ3) is 3.19. The first kappa shape index (κ1) is 11.4. The Morgan fingerprint density at radius 1 is 1.40 bits per heavy atom. The van der Waals surface area contributed by atoms with E-state index in [1.54, 1.807) is 0 Å². The summed E-state index contributed by atoms with van der Waals surface area (Å²) in [5.74, 6) is 0. The fourth-order valence-electron chi connectivity index (χ4n) is 1.20. The summed E-state index contributed by atoms with van der Waals surface area (Å²) in [4.78, 5) is 3.60. The average molecular weight is 214 g/mol. The Kier molecular flexibility index (Phi) is 3.24. The molecule has 1 N–H and O–H groups in total. The van der Waals surface area contributed by atoms with E-state index in [2.05, 4.69) is 11.7 Å². The van der Waals surface area contributed by atoms with Gasteiger partial charge in [-0.25, -0.2) is 0 Å². The Morgan fingerprint density at radius 3 is 2.53 bits per heavy atom. The average Bonchev–Trinajstić information content (AvgIpc) is 2.15. The van der Waals surface area contributed by atoms with Crippen LogP contribution < -0.4 is 0 Å². The van der Waals surface area contributed by atoms with Crippen LogP contribution in [0.4, 0.5) is 18.9 Å². The molecule has 0 aliphatic carbocycles. The third-order valence-electron chi connectivity index (χ3n) is 1.82. The monoisotopic (exact) mass is 214 g/mol. The van der Waals surface area contributed by atoms with E-state index in [9.17, 15) is 13.2 Å². The SMILES string of the molecule is C=Nc1ccc(CC(F)(F)F)cc1C=N. The van der Waals surface area contributed by atoms with E-state index in [1.165, 1.54) is 18.2 Å². The molecule has 0 aromatic heterocycles. The van der Waals surface area contributed by atoms with Gasteiger partial charge < -0.3 is 5.41 Å². The number of alkyl halides is 3. The predicted molar refractivity (Wildman–Crippen MR) is 53.3 cm³/mol. The number of hydrogen-bond acceptors (Lipinski definition) is 2. The summed E-state index contributed by atoms with van der Waals surface area (Å²) in [6.45, 7) is 3.27. The quantitative estimate of drug-likeness (QED) is 0.750. The van der Waals surface area contributed by atoms with Gasteiger partial charge >= 0.3 is 6.18 Å². The molecule has 2 nitrogen and oxygen atoms in total. The van der Waals surface area contributed by atoms with Gasteiger partial charge in [-0.1, -0.05) is 6.07 Å². The minimum absolute atomic E-state index is 0.119. The lowest BCUT2D eigenvalue weighted by molar-refractivity contribution is -0.127. The van der Waals surface area contributed by atoms with Crippen LogP contribution in [0.5, 0.6) is 0 Å². The van der Waals surface area contributed by atoms with Gasteiger partial charge in [0.1, 0.15) is 0 Å². The molecule has 1 aromatic rings. The highest BCUT2D eigenvalue weighted by atomic mass is 19.4. The fourth-order valence-corrected chi connectivity index (χ4v) is 1.20. The van der Waals surface area contributed by atoms with Crippen LogP contribution in [0.15, 0.2) is 23.2 Å². The minimum Gasteiger partial charge on any atom is -0.308 e. The second-order valence-corrected chi connectivity index (χ2v) is 2.99. The first-order chi connectivity index (χ1) is 6.96. The van der Waals surface area contributed by atoms with Crippen molar-refractivity contribution in [2.75, 3.05) is 0 Å². The van der Waals surface area contributed by atoms with E-state index in [0.717, 1.165) is 6.21 Å². The summed E-state index contributed by atoms with van der Waals surface area (Å²) < 4.78 is 36.2. The van der Waals surface area contributed by atoms with Crippen molar-refractivity contribution in [2.45, 2.75) is 12.6 Å². The summed E-state index contributed by atoms with van der Waals surface area (Å²) in [6.07, 6.45) is -4.27. The van der Waals surface area contributed by atoms with Gasteiger partial charge in [0.05, 0.1) is 12.1 Å². The van der Waals surface area contributed by atoms with Crippen LogP contribution in [-0.4, -0.2) is 19.1 Å². The van der Waals surface area contributed by atoms with E-state index in [1.807, 2.05) is 0 Å². The lowest BCUT2D eigenvalue weighted by Crippen LogP contribution is -2.11. The predicted octanol–water partition coefficient (Wildman–Crippen LogP) is 3.12. The molecule has 80 valence electrons. The maximum absolute atomic E-state index is 12.1. The molecule has 0 unspecified atom stereocenters. The van der Waals surface area contributed by atoms with E-state index in [4.69, 9.17) is 5.41 Å². The first-order valence-corrected chi connectivity index (χ1v) is 4.13. The number of nitrogens with zero attached hydrogens (tertiary/aromatic N) is 1. The minimum atomic E-state index is -4.23. The molecule has 1 aromatic carbocycles. The number of halogens is 3. The summed E-state index contributed by atoms with van der Waals surface area (Å²) >= 11 is 0. The van der Waals surface area contributed by atoms with Crippen LogP contribution in [0.25, 0.3) is 0 Å². The van der Waals surface area contributed by atoms with Crippen molar-refractivity contribution in [3.63, 3.8) is 0 Å². The number of rotatable bonds is 3. The van der Waals surface area contributed by atoms with E-state index >= 15 is 0 Å². The third-order valence-corrected chi connectivity index (χ3v) is 1.82. The Labute approximate surface area is 85.0 Å². The van der Waals surface area contributed by atoms with Crippen molar-refractivity contribution in [1.29, 1.82) is 5.41 Å². The number of benzene rings is 1. The molecule has 0 fully saturated rings. The standard InChI is InChI=1S/C10H9F3N2/c1-15-9-3-2-7(4-8(9)6-14)5-10(11,12)13/h2-4,6,14H,1,5H2. The zero-order chi connectivity index (χ0) is 11.5. The van der Waals surface area contributed by atoms with Crippen LogP contribution in [0.1, 0.15) is 11.1 Å². The van der Waals surface area contributed by atoms with Gasteiger partial charge in [-0.05, 0) is 24.4 Å². The normalized spacial score (nSPS) is 11.1. The molecule has 15 heavy (non-hydrogen) atoms. The number of hydrogen-bond donors (Lipinski definition) is 1. The molecule has 0 radical (unpaired) electrons. The largest absolute Gasteiger partial charge is 0.393 e. The van der Waals surface area contributed by atoms with Crippen molar-refractivity contribution in [3.8, 4) is 0 Å². The highest BCUT2D eigenvalue weighted by molar-refractivity contribution is 5.85. The molecule has 0 amide bonds. The topological polar surface area (TPSA) is 36.2 Å². The molecular formula is C10H9F3N2. The van der Waals surface area contributed by atoms with Gasteiger partial charge in [0.2, 0.25) is 0 Å². The van der Waals surface area contributed by atoms with E-state index in [-0.39, 0.29) is 5.56 Å². The maximum atomic E-state index is 12.1. The van der Waals surface area contributed by atoms with Gasteiger partial charge in [0.15, 0.2) is 0 Å². The van der Waals surface area contributed by atoms with Gasteiger partial charge in [0, 0.05) is 11.8 Å². The van der Waals surface area contributed by atoms with Crippen molar-refractivity contribution in [3.05, 3.63) is 29.3 Å². The summed E-state index contributed by atoms with van der Waals surface area (Å²) in [7, 11) is 0. The molecule has 0 bridgehead atoms. The van der Waals surface area contributed by atoms with E-state index in [0.29, 0.717) is 11.3 Å². The van der Waals surface area contributed by atoms with Gasteiger partial charge in [-0.3, -0.25) is 4.99 Å². The highest BCUT2D eigenvalue weighted by Gasteiger charge is 2.27. The molecule has 0 saturated heterocycles. The molecule has 0 heterocycles. The van der Waals surface area contributed by atoms with Crippen molar-refractivity contribution in [2.24, 2.45) is 4.99 Å². The van der Waals surface area contributed by atoms with Crippen LogP contribution in [0, 0.1) is 5.41 Å². The zero-order valence-electron chi connectivity index (χ0n) is 7.80. The second kappa shape index (κ2) is 4.25. The van der Waals surface area contributed by atoms with E-state index < -0.39 is 12.6 Å². The molecule has 0 aliphatic heterocycles. The molecule has 0 aliphatic rings. The Balaban J connectivity index is 3.03. The van der Waals surface area contributed by atoms with Gasteiger partial charge in [-0.2, -0.15) is 13.2 Å². The van der Waals surface area contributed by atoms with Gasteiger partial charge in [-0.15, -0.1) is 0 Å². The van der Waals surface area contributed by atoms with Crippen LogP contribution in [0.2, 0.25) is 0 Å². The Hall–Kier alpha value is -1.65. The molecular weight excluding hydrogens is 205 g/mol. The van der Waals surface area contributed by atoms with Crippen LogP contribution in [0.3, 0.4) is 0 Å². The zero-order valence-corrected chi connectivity index (χ0v) is 7.80. The van der Waals surface area contributed by atoms with Crippen molar-refractivity contribution in [1.82, 2.24) is 0 Å². The van der Waals surface area contributed by atoms with Crippen molar-refractivity contribution >= 4 is 18.6 Å². The number of nitrogens with one attached hydrogen (secondary N) is 1. The molecule has 5 heteroatoms. The molecule has 0 saturated carbocycles. The molecule has 1 rings (SSSR count). The van der Waals surface area contributed by atoms with Crippen molar-refractivity contribution < 1.29 is 13.2 Å². The lowest BCUT2D eigenvalue weighted by Gasteiger charge is -2.07. The molecule has 0 atom stereocenters. The molecule has 0 spiro atoms. The summed E-state index contributed by atoms with van der Waals surface area (Å²) in [6, 6.07) is 4.06. The smallest absolute Gasteiger partial charge is 0.308 e. The highest BCUT2D eigenvalue weighted by Crippen LogP contribution is 2.24. The lowest BCUT2D eigenvalue weighted by atomic mass is 10.1. The maximum Gasteiger partial charge on any atom is 0.393 e. The summed E-state index contributed by atoms with van der Waals surface area (Å²) in [5.41, 5.74) is 0.871. The van der Waals surface area contributed by atoms with Crippen LogP contribution >= 0.6 is 0 Å². The summed E-state index contributed by atoms with van der Waals surface area (Å²) in [5, 5.41) is 7.02. The fraction of sp³-hybridized carbons (Fsp3) is 0.200. The Bertz CT molecular complexity index is 383. The van der Waals surface area contributed by atoms with Gasteiger partial charge in [0.25, 0.3) is 0 Å². The van der Waals surface area contributed by atoms with Crippen LogP contribution in [-0.2, 0) is 6.42 Å². The first-order valence-electron chi connectivity index (χ1n) is 4.13. The Morgan fingerprint density at radius 2 is 2.07 bits per heavy atom. The second-order valence-electron chi connectivity index (χ2n) is 2.99. The number of aliphatic imine (C=N–C) groups is 1.